The van der Waals surface area contributed by atoms with Crippen molar-refractivity contribution in [2.24, 2.45) is 0 Å². The second-order valence-electron chi connectivity index (χ2n) is 5.89. The standard InChI is InChI=1S/C19H17N5O2S/c20-17-6-5-15(19(21)23-17)16-10-13(24-26-16)9-12-1-3-14(4-2-12)25-11-18-22-7-8-27-18/h1-8,10H,9,11H2,(H4,20,21,23). The van der Waals surface area contributed by atoms with Gasteiger partial charge in [-0.15, -0.1) is 11.3 Å². The number of anilines is 2. The summed E-state index contributed by atoms with van der Waals surface area (Å²) in [6, 6.07) is 13.2. The highest BCUT2D eigenvalue weighted by Crippen LogP contribution is 2.27. The fourth-order valence-corrected chi connectivity index (χ4v) is 3.13. The lowest BCUT2D eigenvalue weighted by Gasteiger charge is -2.05. The molecule has 0 spiro atoms. The maximum atomic E-state index is 5.90. The van der Waals surface area contributed by atoms with E-state index in [4.69, 9.17) is 20.7 Å². The summed E-state index contributed by atoms with van der Waals surface area (Å²) in [5.74, 6) is 2.06. The lowest BCUT2D eigenvalue weighted by Crippen LogP contribution is -1.97. The van der Waals surface area contributed by atoms with Crippen molar-refractivity contribution < 1.29 is 9.26 Å². The normalized spacial score (nSPS) is 10.8. The van der Waals surface area contributed by atoms with Crippen LogP contribution in [0.5, 0.6) is 5.75 Å². The molecule has 0 saturated carbocycles. The van der Waals surface area contributed by atoms with Crippen LogP contribution < -0.4 is 16.2 Å². The Morgan fingerprint density at radius 1 is 1.07 bits per heavy atom. The molecule has 0 saturated heterocycles. The Kier molecular flexibility index (Phi) is 4.71. The highest BCUT2D eigenvalue weighted by molar-refractivity contribution is 7.09. The molecule has 0 fully saturated rings. The number of hydrogen-bond donors (Lipinski definition) is 2. The maximum Gasteiger partial charge on any atom is 0.170 e. The number of thiazole rings is 1. The number of nitrogens with two attached hydrogens (primary N) is 2. The first-order valence-corrected chi connectivity index (χ1v) is 9.13. The Morgan fingerprint density at radius 3 is 2.67 bits per heavy atom. The van der Waals surface area contributed by atoms with Crippen LogP contribution >= 0.6 is 11.3 Å². The van der Waals surface area contributed by atoms with Crippen molar-refractivity contribution in [1.29, 1.82) is 0 Å². The molecule has 4 aromatic rings. The number of pyridine rings is 1. The first kappa shape index (κ1) is 17.0. The Bertz CT molecular complexity index is 1030. The van der Waals surface area contributed by atoms with Gasteiger partial charge in [-0.1, -0.05) is 17.3 Å². The zero-order valence-electron chi connectivity index (χ0n) is 14.3. The van der Waals surface area contributed by atoms with Crippen molar-refractivity contribution >= 4 is 23.0 Å². The summed E-state index contributed by atoms with van der Waals surface area (Å²) in [5, 5.41) is 7.00. The molecule has 0 bridgehead atoms. The smallest absolute Gasteiger partial charge is 0.170 e. The summed E-state index contributed by atoms with van der Waals surface area (Å²) in [7, 11) is 0. The van der Waals surface area contributed by atoms with Gasteiger partial charge in [0.25, 0.3) is 0 Å². The highest BCUT2D eigenvalue weighted by atomic mass is 32.1. The third kappa shape index (κ3) is 4.06. The molecule has 7 nitrogen and oxygen atoms in total. The Hall–Kier alpha value is -3.39. The number of aromatic nitrogens is 3. The van der Waals surface area contributed by atoms with Crippen molar-refractivity contribution in [3.05, 3.63) is 70.3 Å². The SMILES string of the molecule is Nc1ccc(-c2cc(Cc3ccc(OCc4nccs4)cc3)no2)c(N)n1. The predicted octanol–water partition coefficient (Wildman–Crippen LogP) is 3.53. The van der Waals surface area contributed by atoms with Gasteiger partial charge in [0.15, 0.2) is 5.76 Å². The van der Waals surface area contributed by atoms with Crippen LogP contribution in [0, 0.1) is 0 Å². The van der Waals surface area contributed by atoms with Gasteiger partial charge in [0.2, 0.25) is 0 Å². The Balaban J connectivity index is 1.41. The van der Waals surface area contributed by atoms with Crippen molar-refractivity contribution in [2.75, 3.05) is 11.5 Å². The third-order valence-corrected chi connectivity index (χ3v) is 4.68. The molecule has 8 heteroatoms. The van der Waals surface area contributed by atoms with Crippen LogP contribution in [-0.4, -0.2) is 15.1 Å². The van der Waals surface area contributed by atoms with E-state index in [0.717, 1.165) is 22.0 Å². The second-order valence-corrected chi connectivity index (χ2v) is 6.87. The largest absolute Gasteiger partial charge is 0.486 e. The van der Waals surface area contributed by atoms with Gasteiger partial charge < -0.3 is 20.7 Å². The molecule has 0 amide bonds. The van der Waals surface area contributed by atoms with Gasteiger partial charge in [0.1, 0.15) is 29.0 Å². The first-order chi connectivity index (χ1) is 13.2. The minimum Gasteiger partial charge on any atom is -0.486 e. The number of rotatable bonds is 6. The van der Waals surface area contributed by atoms with Gasteiger partial charge in [-0.3, -0.25) is 0 Å². The van der Waals surface area contributed by atoms with Gasteiger partial charge in [0, 0.05) is 24.1 Å². The summed E-state index contributed by atoms with van der Waals surface area (Å²) >= 11 is 1.57. The number of hydrogen-bond acceptors (Lipinski definition) is 8. The van der Waals surface area contributed by atoms with Crippen LogP contribution in [0.2, 0.25) is 0 Å². The first-order valence-electron chi connectivity index (χ1n) is 8.25. The van der Waals surface area contributed by atoms with E-state index in [2.05, 4.69) is 15.1 Å². The fraction of sp³-hybridized carbons (Fsp3) is 0.105. The molecule has 0 radical (unpaired) electrons. The van der Waals surface area contributed by atoms with Crippen molar-refractivity contribution in [2.45, 2.75) is 13.0 Å². The molecule has 4 rings (SSSR count). The quantitative estimate of drug-likeness (QED) is 0.527. The van der Waals surface area contributed by atoms with E-state index in [1.807, 2.05) is 35.7 Å². The average Bonchev–Trinajstić information content (AvgIpc) is 3.33. The molecule has 0 aliphatic rings. The van der Waals surface area contributed by atoms with E-state index in [9.17, 15) is 0 Å². The minimum atomic E-state index is 0.319. The molecule has 3 aromatic heterocycles. The number of ether oxygens (including phenoxy) is 1. The van der Waals surface area contributed by atoms with Crippen LogP contribution in [0.25, 0.3) is 11.3 Å². The maximum absolute atomic E-state index is 5.90. The average molecular weight is 379 g/mol. The summed E-state index contributed by atoms with van der Waals surface area (Å²) in [6.07, 6.45) is 2.41. The molecular formula is C19H17N5O2S. The number of nitrogen functional groups attached to an aromatic ring is 2. The molecule has 0 unspecified atom stereocenters. The topological polar surface area (TPSA) is 113 Å². The molecule has 0 aliphatic heterocycles. The van der Waals surface area contributed by atoms with Gasteiger partial charge >= 0.3 is 0 Å². The van der Waals surface area contributed by atoms with Gasteiger partial charge in [0.05, 0.1) is 11.3 Å². The summed E-state index contributed by atoms with van der Waals surface area (Å²) in [5.41, 5.74) is 14.1. The van der Waals surface area contributed by atoms with Crippen molar-refractivity contribution in [1.82, 2.24) is 15.1 Å². The van der Waals surface area contributed by atoms with Gasteiger partial charge in [-0.2, -0.15) is 0 Å². The van der Waals surface area contributed by atoms with E-state index in [-0.39, 0.29) is 0 Å². The van der Waals surface area contributed by atoms with Gasteiger partial charge in [-0.05, 0) is 29.8 Å². The van der Waals surface area contributed by atoms with Crippen molar-refractivity contribution in [3.8, 4) is 17.1 Å². The number of nitrogens with zero attached hydrogens (tertiary/aromatic N) is 3. The van der Waals surface area contributed by atoms with Crippen LogP contribution in [0.4, 0.5) is 11.6 Å². The monoisotopic (exact) mass is 379 g/mol. The molecular weight excluding hydrogens is 362 g/mol. The van der Waals surface area contributed by atoms with Crippen molar-refractivity contribution in [3.63, 3.8) is 0 Å². The lowest BCUT2D eigenvalue weighted by molar-refractivity contribution is 0.305. The molecule has 3 heterocycles. The van der Waals surface area contributed by atoms with Crippen LogP contribution in [0.3, 0.4) is 0 Å². The van der Waals surface area contributed by atoms with Gasteiger partial charge in [-0.25, -0.2) is 9.97 Å². The fourth-order valence-electron chi connectivity index (χ4n) is 2.60. The second kappa shape index (κ2) is 7.46. The predicted molar refractivity (Wildman–Crippen MR) is 104 cm³/mol. The van der Waals surface area contributed by atoms with E-state index in [1.54, 1.807) is 29.7 Å². The molecule has 27 heavy (non-hydrogen) atoms. The number of benzene rings is 1. The lowest BCUT2D eigenvalue weighted by atomic mass is 10.1. The molecule has 4 N–H and O–H groups in total. The van der Waals surface area contributed by atoms with E-state index in [1.165, 1.54) is 0 Å². The summed E-state index contributed by atoms with van der Waals surface area (Å²) in [4.78, 5) is 8.24. The van der Waals surface area contributed by atoms with E-state index in [0.29, 0.717) is 36.0 Å². The van der Waals surface area contributed by atoms with Crippen LogP contribution in [0.15, 0.2) is 58.6 Å². The summed E-state index contributed by atoms with van der Waals surface area (Å²) < 4.78 is 11.1. The zero-order valence-corrected chi connectivity index (χ0v) is 15.1. The van der Waals surface area contributed by atoms with E-state index < -0.39 is 0 Å². The molecule has 0 aliphatic carbocycles. The van der Waals surface area contributed by atoms with E-state index >= 15 is 0 Å². The molecule has 136 valence electrons. The summed E-state index contributed by atoms with van der Waals surface area (Å²) in [6.45, 7) is 0.473. The minimum absolute atomic E-state index is 0.319. The highest BCUT2D eigenvalue weighted by Gasteiger charge is 2.11. The zero-order chi connectivity index (χ0) is 18.6. The third-order valence-electron chi connectivity index (χ3n) is 3.93. The van der Waals surface area contributed by atoms with Crippen LogP contribution in [0.1, 0.15) is 16.3 Å². The Labute approximate surface area is 159 Å². The van der Waals surface area contributed by atoms with Crippen LogP contribution in [-0.2, 0) is 13.0 Å². The molecule has 1 aromatic carbocycles. The Morgan fingerprint density at radius 2 is 1.93 bits per heavy atom. The molecule has 0 atom stereocenters.